The quantitative estimate of drug-likeness (QED) is 0.929. The van der Waals surface area contributed by atoms with Gasteiger partial charge in [-0.15, -0.1) is 0 Å². The van der Waals surface area contributed by atoms with Crippen molar-refractivity contribution in [2.75, 3.05) is 0 Å². The van der Waals surface area contributed by atoms with Crippen LogP contribution in [0.1, 0.15) is 10.4 Å². The second-order valence-electron chi connectivity index (χ2n) is 3.32. The summed E-state index contributed by atoms with van der Waals surface area (Å²) < 4.78 is 5.39. The molecule has 92 valence electrons. The van der Waals surface area contributed by atoms with Crippen LogP contribution in [0.2, 0.25) is 10.0 Å². The van der Waals surface area contributed by atoms with Gasteiger partial charge in [0.1, 0.15) is 10.8 Å². The predicted octanol–water partition coefficient (Wildman–Crippen LogP) is 3.88. The number of rotatable bonds is 3. The van der Waals surface area contributed by atoms with Gasteiger partial charge in [0, 0.05) is 6.20 Å². The Morgan fingerprint density at radius 2 is 1.94 bits per heavy atom. The van der Waals surface area contributed by atoms with E-state index in [0.717, 1.165) is 0 Å². The lowest BCUT2D eigenvalue weighted by Gasteiger charge is -2.08. The maximum absolute atomic E-state index is 10.9. The molecule has 0 aliphatic carbocycles. The molecule has 2 aromatic rings. The van der Waals surface area contributed by atoms with Crippen LogP contribution in [0.15, 0.2) is 36.5 Å². The third-order valence-corrected chi connectivity index (χ3v) is 2.81. The highest BCUT2D eigenvalue weighted by molar-refractivity contribution is 6.35. The van der Waals surface area contributed by atoms with E-state index in [1.54, 1.807) is 24.3 Å². The molecule has 0 bridgehead atoms. The smallest absolute Gasteiger partial charge is 0.337 e. The highest BCUT2D eigenvalue weighted by Crippen LogP contribution is 2.33. The topological polar surface area (TPSA) is 59.4 Å². The number of ether oxygens (including phenoxy) is 1. The van der Waals surface area contributed by atoms with Crippen LogP contribution in [0.4, 0.5) is 0 Å². The number of hydrogen-bond donors (Lipinski definition) is 1. The molecular formula is C12H7Cl2NO3. The van der Waals surface area contributed by atoms with Crippen molar-refractivity contribution in [3.63, 3.8) is 0 Å². The number of carbonyl (C=O) groups is 1. The van der Waals surface area contributed by atoms with Crippen LogP contribution in [0, 0.1) is 0 Å². The number of para-hydroxylation sites is 1. The zero-order chi connectivity index (χ0) is 13.1. The predicted molar refractivity (Wildman–Crippen MR) is 67.7 cm³/mol. The minimum absolute atomic E-state index is 0.00432. The van der Waals surface area contributed by atoms with Gasteiger partial charge in [0.15, 0.2) is 0 Å². The molecule has 0 aliphatic rings. The van der Waals surface area contributed by atoms with E-state index in [9.17, 15) is 4.79 Å². The molecule has 0 amide bonds. The molecule has 4 nitrogen and oxygen atoms in total. The lowest BCUT2D eigenvalue weighted by molar-refractivity contribution is 0.0696. The summed E-state index contributed by atoms with van der Waals surface area (Å²) in [4.78, 5) is 14.8. The van der Waals surface area contributed by atoms with Crippen molar-refractivity contribution in [1.82, 2.24) is 4.98 Å². The molecule has 18 heavy (non-hydrogen) atoms. The zero-order valence-electron chi connectivity index (χ0n) is 8.93. The molecule has 1 N–H and O–H groups in total. The molecule has 0 unspecified atom stereocenters. The minimum Gasteiger partial charge on any atom is -0.478 e. The highest BCUT2D eigenvalue weighted by atomic mass is 35.5. The molecule has 0 fully saturated rings. The normalized spacial score (nSPS) is 10.1. The number of aromatic carboxylic acids is 1. The number of benzene rings is 1. The molecule has 0 saturated heterocycles. The molecule has 1 aromatic heterocycles. The van der Waals surface area contributed by atoms with Crippen molar-refractivity contribution in [3.05, 3.63) is 52.1 Å². The fourth-order valence-corrected chi connectivity index (χ4v) is 1.70. The van der Waals surface area contributed by atoms with Crippen molar-refractivity contribution in [1.29, 1.82) is 0 Å². The molecule has 0 spiro atoms. The molecule has 2 rings (SSSR count). The van der Waals surface area contributed by atoms with Crippen molar-refractivity contribution in [3.8, 4) is 11.6 Å². The Morgan fingerprint density at radius 1 is 1.22 bits per heavy atom. The molecule has 0 atom stereocenters. The van der Waals surface area contributed by atoms with Gasteiger partial charge in [-0.1, -0.05) is 35.3 Å². The lowest BCUT2D eigenvalue weighted by Crippen LogP contribution is -2.00. The molecule has 6 heteroatoms. The molecule has 1 aromatic carbocycles. The van der Waals surface area contributed by atoms with Gasteiger partial charge in [-0.05, 0) is 18.2 Å². The summed E-state index contributed by atoms with van der Waals surface area (Å²) >= 11 is 11.8. The maximum atomic E-state index is 10.9. The Kier molecular flexibility index (Phi) is 3.69. The third kappa shape index (κ3) is 2.55. The summed E-state index contributed by atoms with van der Waals surface area (Å²) in [5, 5.41) is 9.24. The Hall–Kier alpha value is -1.78. The van der Waals surface area contributed by atoms with E-state index in [2.05, 4.69) is 4.98 Å². The molecule has 0 radical (unpaired) electrons. The van der Waals surface area contributed by atoms with E-state index in [1.165, 1.54) is 12.3 Å². The van der Waals surface area contributed by atoms with Gasteiger partial charge in [-0.2, -0.15) is 0 Å². The number of hydrogen-bond acceptors (Lipinski definition) is 3. The maximum Gasteiger partial charge on any atom is 0.337 e. The number of nitrogens with zero attached hydrogens (tertiary/aromatic N) is 1. The van der Waals surface area contributed by atoms with Crippen molar-refractivity contribution < 1.29 is 14.6 Å². The van der Waals surface area contributed by atoms with Gasteiger partial charge in [0.25, 0.3) is 0 Å². The largest absolute Gasteiger partial charge is 0.478 e. The van der Waals surface area contributed by atoms with E-state index in [0.29, 0.717) is 10.8 Å². The van der Waals surface area contributed by atoms with Crippen LogP contribution in [0.3, 0.4) is 0 Å². The van der Waals surface area contributed by atoms with Gasteiger partial charge >= 0.3 is 5.97 Å². The second kappa shape index (κ2) is 5.25. The average molecular weight is 284 g/mol. The van der Waals surface area contributed by atoms with Crippen LogP contribution >= 0.6 is 23.2 Å². The van der Waals surface area contributed by atoms with Gasteiger partial charge in [-0.25, -0.2) is 9.78 Å². The molecule has 0 saturated carbocycles. The first-order valence-electron chi connectivity index (χ1n) is 4.90. The summed E-state index contributed by atoms with van der Waals surface area (Å²) in [7, 11) is 0. The van der Waals surface area contributed by atoms with E-state index >= 15 is 0 Å². The molecular weight excluding hydrogens is 277 g/mol. The van der Waals surface area contributed by atoms with Crippen LogP contribution < -0.4 is 4.74 Å². The van der Waals surface area contributed by atoms with Gasteiger partial charge in [0.05, 0.1) is 10.6 Å². The number of carboxylic acid groups (broad SMARTS) is 1. The highest BCUT2D eigenvalue weighted by Gasteiger charge is 2.15. The third-order valence-electron chi connectivity index (χ3n) is 2.13. The van der Waals surface area contributed by atoms with Gasteiger partial charge in [0.2, 0.25) is 5.88 Å². The van der Waals surface area contributed by atoms with Crippen LogP contribution in [0.25, 0.3) is 0 Å². The number of halogens is 2. The van der Waals surface area contributed by atoms with E-state index in [1.807, 2.05) is 0 Å². The second-order valence-corrected chi connectivity index (χ2v) is 4.10. The monoisotopic (exact) mass is 283 g/mol. The summed E-state index contributed by atoms with van der Waals surface area (Å²) in [6.07, 6.45) is 1.31. The Balaban J connectivity index is 2.39. The van der Waals surface area contributed by atoms with E-state index in [-0.39, 0.29) is 16.5 Å². The van der Waals surface area contributed by atoms with E-state index < -0.39 is 5.97 Å². The number of pyridine rings is 1. The van der Waals surface area contributed by atoms with Crippen molar-refractivity contribution in [2.24, 2.45) is 0 Å². The SMILES string of the molecule is O=C(O)c1ccnc(Oc2ccccc2Cl)c1Cl. The summed E-state index contributed by atoms with van der Waals surface area (Å²) in [6, 6.07) is 8.05. The first-order valence-corrected chi connectivity index (χ1v) is 5.65. The fraction of sp³-hybridized carbons (Fsp3) is 0. The Bertz CT molecular complexity index is 602. The zero-order valence-corrected chi connectivity index (χ0v) is 10.4. The summed E-state index contributed by atoms with van der Waals surface area (Å²) in [6.45, 7) is 0. The Labute approximate surface area is 113 Å². The van der Waals surface area contributed by atoms with Gasteiger partial charge < -0.3 is 9.84 Å². The molecule has 1 heterocycles. The fourth-order valence-electron chi connectivity index (χ4n) is 1.29. The Morgan fingerprint density at radius 3 is 2.61 bits per heavy atom. The van der Waals surface area contributed by atoms with Crippen molar-refractivity contribution in [2.45, 2.75) is 0 Å². The number of carboxylic acids is 1. The minimum atomic E-state index is -1.15. The average Bonchev–Trinajstić information content (AvgIpc) is 2.34. The summed E-state index contributed by atoms with van der Waals surface area (Å²) in [5.74, 6) is -0.785. The summed E-state index contributed by atoms with van der Waals surface area (Å²) in [5.41, 5.74) is -0.0753. The lowest BCUT2D eigenvalue weighted by atomic mass is 10.2. The van der Waals surface area contributed by atoms with Crippen molar-refractivity contribution >= 4 is 29.2 Å². The van der Waals surface area contributed by atoms with Crippen LogP contribution in [-0.4, -0.2) is 16.1 Å². The van der Waals surface area contributed by atoms with Crippen LogP contribution in [-0.2, 0) is 0 Å². The molecule has 0 aliphatic heterocycles. The van der Waals surface area contributed by atoms with Gasteiger partial charge in [-0.3, -0.25) is 0 Å². The van der Waals surface area contributed by atoms with E-state index in [4.69, 9.17) is 33.0 Å². The number of aromatic nitrogens is 1. The first kappa shape index (κ1) is 12.7. The first-order chi connectivity index (χ1) is 8.59. The standard InChI is InChI=1S/C12H7Cl2NO3/c13-8-3-1-2-4-9(8)18-11-10(14)7(12(16)17)5-6-15-11/h1-6H,(H,16,17). The van der Waals surface area contributed by atoms with Crippen LogP contribution in [0.5, 0.6) is 11.6 Å².